The maximum atomic E-state index is 12.6. The molecular weight excluding hydrogens is 288 g/mol. The van der Waals surface area contributed by atoms with Gasteiger partial charge in [-0.15, -0.1) is 10.2 Å². The summed E-state index contributed by atoms with van der Waals surface area (Å²) >= 11 is 0. The molecule has 1 amide bonds. The van der Waals surface area contributed by atoms with Gasteiger partial charge in [-0.3, -0.25) is 4.79 Å². The largest absolute Gasteiger partial charge is 0.338 e. The summed E-state index contributed by atoms with van der Waals surface area (Å²) in [6.45, 7) is 6.69. The molecule has 1 saturated heterocycles. The van der Waals surface area contributed by atoms with Crippen molar-refractivity contribution >= 4 is 5.91 Å². The molecule has 2 aliphatic rings. The average Bonchev–Trinajstić information content (AvgIpc) is 2.83. The first-order chi connectivity index (χ1) is 11.2. The Hall–Kier alpha value is -1.65. The van der Waals surface area contributed by atoms with Crippen LogP contribution in [-0.2, 0) is 17.8 Å². The number of nitrogens with zero attached hydrogens (tertiary/aromatic N) is 4. The van der Waals surface area contributed by atoms with E-state index in [4.69, 9.17) is 0 Å². The van der Waals surface area contributed by atoms with Crippen molar-refractivity contribution in [1.29, 1.82) is 0 Å². The van der Waals surface area contributed by atoms with E-state index in [0.717, 1.165) is 62.5 Å². The van der Waals surface area contributed by atoms with Gasteiger partial charge in [-0.05, 0) is 39.0 Å². The van der Waals surface area contributed by atoms with Gasteiger partial charge in [-0.1, -0.05) is 19.4 Å². The van der Waals surface area contributed by atoms with Crippen LogP contribution in [0, 0.1) is 0 Å². The number of rotatable bonds is 3. The summed E-state index contributed by atoms with van der Waals surface area (Å²) in [5, 5.41) is 8.92. The van der Waals surface area contributed by atoms with E-state index in [0.29, 0.717) is 5.92 Å². The van der Waals surface area contributed by atoms with Crippen molar-refractivity contribution in [1.82, 2.24) is 19.7 Å². The van der Waals surface area contributed by atoms with E-state index in [2.05, 4.69) is 21.7 Å². The lowest BCUT2D eigenvalue weighted by Crippen LogP contribution is -2.40. The number of amides is 1. The quantitative estimate of drug-likeness (QED) is 0.805. The molecule has 5 heteroatoms. The number of likely N-dealkylation sites (tertiary alicyclic amines) is 1. The maximum Gasteiger partial charge on any atom is 0.249 e. The first-order valence-electron chi connectivity index (χ1n) is 9.08. The van der Waals surface area contributed by atoms with E-state index >= 15 is 0 Å². The highest BCUT2D eigenvalue weighted by molar-refractivity contribution is 5.92. The molecule has 1 unspecified atom stereocenters. The molecule has 3 rings (SSSR count). The number of aromatic nitrogens is 3. The highest BCUT2D eigenvalue weighted by Gasteiger charge is 2.29. The molecule has 0 bridgehead atoms. The van der Waals surface area contributed by atoms with Crippen molar-refractivity contribution in [3.63, 3.8) is 0 Å². The second kappa shape index (κ2) is 7.28. The Morgan fingerprint density at radius 2 is 2.09 bits per heavy atom. The van der Waals surface area contributed by atoms with Gasteiger partial charge in [0.2, 0.25) is 5.91 Å². The molecule has 0 N–H and O–H groups in total. The van der Waals surface area contributed by atoms with Crippen LogP contribution in [0.25, 0.3) is 0 Å². The minimum Gasteiger partial charge on any atom is -0.338 e. The summed E-state index contributed by atoms with van der Waals surface area (Å²) in [5.74, 6) is 2.77. The fraction of sp³-hybridized carbons (Fsp3) is 0.722. The van der Waals surface area contributed by atoms with Crippen LogP contribution in [0.4, 0.5) is 0 Å². The molecule has 0 spiro atoms. The van der Waals surface area contributed by atoms with Crippen molar-refractivity contribution in [3.05, 3.63) is 23.3 Å². The highest BCUT2D eigenvalue weighted by Crippen LogP contribution is 2.28. The Morgan fingerprint density at radius 1 is 1.22 bits per heavy atom. The van der Waals surface area contributed by atoms with E-state index in [-0.39, 0.29) is 5.91 Å². The molecule has 126 valence electrons. The van der Waals surface area contributed by atoms with E-state index in [1.165, 1.54) is 19.3 Å². The number of fused-ring (bicyclic) bond motifs is 1. The van der Waals surface area contributed by atoms with E-state index in [1.54, 1.807) is 0 Å². The Bertz CT molecular complexity index is 590. The fourth-order valence-electron chi connectivity index (χ4n) is 3.82. The lowest BCUT2D eigenvalue weighted by molar-refractivity contribution is -0.128. The Labute approximate surface area is 138 Å². The van der Waals surface area contributed by atoms with Crippen LogP contribution >= 0.6 is 0 Å². The van der Waals surface area contributed by atoms with Gasteiger partial charge in [-0.2, -0.15) is 0 Å². The molecular formula is C18H28N4O. The molecule has 0 saturated carbocycles. The van der Waals surface area contributed by atoms with Crippen LogP contribution in [-0.4, -0.2) is 38.7 Å². The Morgan fingerprint density at radius 3 is 2.91 bits per heavy atom. The smallest absolute Gasteiger partial charge is 0.249 e. The SMILES string of the molecule is CC/C=C(\C)C(=O)N1CCCC(c2nnc3n2CCCCC3)C1. The predicted octanol–water partition coefficient (Wildman–Crippen LogP) is 3.07. The fourth-order valence-corrected chi connectivity index (χ4v) is 3.82. The zero-order valence-corrected chi connectivity index (χ0v) is 14.4. The lowest BCUT2D eigenvalue weighted by Gasteiger charge is -2.32. The van der Waals surface area contributed by atoms with Gasteiger partial charge >= 0.3 is 0 Å². The van der Waals surface area contributed by atoms with Gasteiger partial charge in [0.05, 0.1) is 0 Å². The second-order valence-electron chi connectivity index (χ2n) is 6.82. The normalized spacial score (nSPS) is 22.6. The maximum absolute atomic E-state index is 12.6. The van der Waals surface area contributed by atoms with Crippen LogP contribution in [0.3, 0.4) is 0 Å². The zero-order chi connectivity index (χ0) is 16.2. The first kappa shape index (κ1) is 16.2. The number of hydrogen-bond donors (Lipinski definition) is 0. The minimum absolute atomic E-state index is 0.187. The molecule has 0 aromatic carbocycles. The molecule has 5 nitrogen and oxygen atoms in total. The molecule has 1 aromatic rings. The zero-order valence-electron chi connectivity index (χ0n) is 14.4. The van der Waals surface area contributed by atoms with E-state index < -0.39 is 0 Å². The Balaban J connectivity index is 1.75. The molecule has 0 aliphatic carbocycles. The standard InChI is InChI=1S/C18H28N4O/c1-3-8-14(2)18(23)21-11-7-9-15(13-21)17-20-19-16-10-5-4-6-12-22(16)17/h8,15H,3-7,9-13H2,1-2H3/b14-8+. The minimum atomic E-state index is 0.187. The number of allylic oxidation sites excluding steroid dienone is 1. The summed E-state index contributed by atoms with van der Waals surface area (Å²) in [7, 11) is 0. The Kier molecular flexibility index (Phi) is 5.13. The first-order valence-corrected chi connectivity index (χ1v) is 9.08. The van der Waals surface area contributed by atoms with Gasteiger partial charge in [0.15, 0.2) is 0 Å². The second-order valence-corrected chi connectivity index (χ2v) is 6.82. The molecule has 1 aromatic heterocycles. The molecule has 1 fully saturated rings. The van der Waals surface area contributed by atoms with Gasteiger partial charge in [0, 0.05) is 37.5 Å². The van der Waals surface area contributed by atoms with Gasteiger partial charge in [0.25, 0.3) is 0 Å². The molecule has 23 heavy (non-hydrogen) atoms. The lowest BCUT2D eigenvalue weighted by atomic mass is 9.96. The molecule has 3 heterocycles. The van der Waals surface area contributed by atoms with Crippen molar-refractivity contribution in [2.24, 2.45) is 0 Å². The van der Waals surface area contributed by atoms with Crippen LogP contribution in [0.2, 0.25) is 0 Å². The van der Waals surface area contributed by atoms with E-state index in [1.807, 2.05) is 17.9 Å². The molecule has 1 atom stereocenters. The van der Waals surface area contributed by atoms with Gasteiger partial charge < -0.3 is 9.47 Å². The third-order valence-corrected chi connectivity index (χ3v) is 5.06. The summed E-state index contributed by atoms with van der Waals surface area (Å²) in [6, 6.07) is 0. The van der Waals surface area contributed by atoms with Crippen molar-refractivity contribution in [2.45, 2.75) is 71.3 Å². The molecule has 2 aliphatic heterocycles. The van der Waals surface area contributed by atoms with Crippen LogP contribution in [0.5, 0.6) is 0 Å². The van der Waals surface area contributed by atoms with Crippen molar-refractivity contribution < 1.29 is 4.79 Å². The highest BCUT2D eigenvalue weighted by atomic mass is 16.2. The number of carbonyl (C=O) groups is 1. The van der Waals surface area contributed by atoms with Crippen molar-refractivity contribution in [3.8, 4) is 0 Å². The van der Waals surface area contributed by atoms with Crippen molar-refractivity contribution in [2.75, 3.05) is 13.1 Å². The van der Waals surface area contributed by atoms with E-state index in [9.17, 15) is 4.79 Å². The van der Waals surface area contributed by atoms with Gasteiger partial charge in [-0.25, -0.2) is 0 Å². The third kappa shape index (κ3) is 3.48. The number of aryl methyl sites for hydroxylation is 1. The third-order valence-electron chi connectivity index (χ3n) is 5.06. The predicted molar refractivity (Wildman–Crippen MR) is 90.2 cm³/mol. The van der Waals surface area contributed by atoms with Gasteiger partial charge in [0.1, 0.15) is 11.6 Å². The topological polar surface area (TPSA) is 51.0 Å². The summed E-state index contributed by atoms with van der Waals surface area (Å²) in [6.07, 6.45) is 9.85. The summed E-state index contributed by atoms with van der Waals surface area (Å²) in [5.41, 5.74) is 0.869. The monoisotopic (exact) mass is 316 g/mol. The number of carbonyl (C=O) groups excluding carboxylic acids is 1. The summed E-state index contributed by atoms with van der Waals surface area (Å²) in [4.78, 5) is 14.6. The van der Waals surface area contributed by atoms with Crippen LogP contribution < -0.4 is 0 Å². The summed E-state index contributed by atoms with van der Waals surface area (Å²) < 4.78 is 2.33. The van der Waals surface area contributed by atoms with Crippen LogP contribution in [0.1, 0.15) is 69.9 Å². The number of piperidine rings is 1. The number of hydrogen-bond acceptors (Lipinski definition) is 3. The van der Waals surface area contributed by atoms with Crippen LogP contribution in [0.15, 0.2) is 11.6 Å². The molecule has 0 radical (unpaired) electrons. The average molecular weight is 316 g/mol.